The molecule has 0 unspecified atom stereocenters. The molecule has 7 nitrogen and oxygen atoms in total. The highest BCUT2D eigenvalue weighted by Crippen LogP contribution is 1.75. The predicted molar refractivity (Wildman–Crippen MR) is 42.3 cm³/mol. The third-order valence-corrected chi connectivity index (χ3v) is 0.462. The van der Waals surface area contributed by atoms with Gasteiger partial charge in [0.05, 0.1) is 6.61 Å². The summed E-state index contributed by atoms with van der Waals surface area (Å²) in [5.41, 5.74) is 4.84. The second-order valence-corrected chi connectivity index (χ2v) is 2.56. The van der Waals surface area contributed by atoms with Crippen LogP contribution in [0.4, 0.5) is 0 Å². The monoisotopic (exact) mass is 200 g/mol. The molecule has 0 atom stereocenters. The highest BCUT2D eigenvalue weighted by molar-refractivity contribution is 7.79. The molecule has 0 saturated carbocycles. The Balaban J connectivity index is 0. The molecule has 0 spiro atoms. The first-order chi connectivity index (χ1) is 5.27. The van der Waals surface area contributed by atoms with Crippen molar-refractivity contribution in [3.63, 3.8) is 0 Å². The molecule has 0 fully saturated rings. The first-order valence-electron chi connectivity index (χ1n) is 2.94. The van der Waals surface area contributed by atoms with Crippen LogP contribution < -0.4 is 5.73 Å². The van der Waals surface area contributed by atoms with Crippen LogP contribution in [0.25, 0.3) is 0 Å². The van der Waals surface area contributed by atoms with E-state index in [1.54, 1.807) is 0 Å². The topological polar surface area (TPSA) is 134 Å². The van der Waals surface area contributed by atoms with E-state index in [9.17, 15) is 0 Å². The van der Waals surface area contributed by atoms with Gasteiger partial charge in [-0.3, -0.25) is 14.5 Å². The molecule has 0 bridgehead atoms. The van der Waals surface area contributed by atoms with Crippen LogP contribution in [0.2, 0.25) is 0 Å². The zero-order valence-corrected chi connectivity index (χ0v) is 7.34. The maximum atomic E-state index is 8.74. The van der Waals surface area contributed by atoms with Gasteiger partial charge >= 0.3 is 10.4 Å². The summed E-state index contributed by atoms with van der Waals surface area (Å²) < 4.78 is 36.1. The average molecular weight is 200 g/mol. The molecule has 0 aliphatic carbocycles. The summed E-state index contributed by atoms with van der Waals surface area (Å²) in [6.07, 6.45) is 0.902. The first-order valence-corrected chi connectivity index (χ1v) is 4.33. The largest absolute Gasteiger partial charge is 0.466 e. The fourth-order valence-corrected chi connectivity index (χ4v) is 0.212. The van der Waals surface area contributed by atoms with Crippen molar-refractivity contribution in [2.24, 2.45) is 5.73 Å². The molecular weight excluding hydrogens is 188 g/mol. The zero-order chi connectivity index (χ0) is 10.2. The standard InChI is InChI=1S/C4H10N2O.H2O4S/c1-2-3-7-4(5)6;1-5(2,3)4/h2-3H2,1H3,(H3,5,6);(H2,1,2,3,4). The maximum Gasteiger partial charge on any atom is 0.394 e. The maximum absolute atomic E-state index is 8.74. The summed E-state index contributed by atoms with van der Waals surface area (Å²) in [4.78, 5) is 0. The minimum absolute atomic E-state index is 0.193. The predicted octanol–water partition coefficient (Wildman–Crippen LogP) is -0.346. The van der Waals surface area contributed by atoms with E-state index in [4.69, 9.17) is 28.7 Å². The molecule has 0 saturated heterocycles. The summed E-state index contributed by atoms with van der Waals surface area (Å²) in [7, 11) is -4.67. The molecule has 0 aromatic rings. The average Bonchev–Trinajstić information content (AvgIpc) is 1.79. The van der Waals surface area contributed by atoms with Crippen LogP contribution in [0.15, 0.2) is 0 Å². The Morgan fingerprint density at radius 1 is 1.58 bits per heavy atom. The summed E-state index contributed by atoms with van der Waals surface area (Å²) in [5, 5.41) is 6.55. The fraction of sp³-hybridized carbons (Fsp3) is 0.750. The van der Waals surface area contributed by atoms with Gasteiger partial charge in [-0.05, 0) is 6.42 Å². The lowest BCUT2D eigenvalue weighted by Crippen LogP contribution is -2.14. The lowest BCUT2D eigenvalue weighted by atomic mass is 10.5. The van der Waals surface area contributed by atoms with Gasteiger partial charge in [-0.25, -0.2) is 0 Å². The molecule has 0 aromatic carbocycles. The van der Waals surface area contributed by atoms with Crippen LogP contribution >= 0.6 is 0 Å². The van der Waals surface area contributed by atoms with Gasteiger partial charge in [0.2, 0.25) is 0 Å². The Morgan fingerprint density at radius 3 is 2.00 bits per heavy atom. The zero-order valence-electron chi connectivity index (χ0n) is 6.52. The Bertz CT molecular complexity index is 203. The quantitative estimate of drug-likeness (QED) is 0.273. The number of amidine groups is 1. The molecule has 0 radical (unpaired) electrons. The van der Waals surface area contributed by atoms with Crippen molar-refractivity contribution in [1.29, 1.82) is 5.41 Å². The molecule has 0 aromatic heterocycles. The SMILES string of the molecule is CCCOC(=N)N.O=S(=O)(O)O. The minimum atomic E-state index is -4.67. The van der Waals surface area contributed by atoms with Crippen molar-refractivity contribution in [2.45, 2.75) is 13.3 Å². The first kappa shape index (κ1) is 13.7. The highest BCUT2D eigenvalue weighted by Gasteiger charge is 1.84. The van der Waals surface area contributed by atoms with Gasteiger partial charge in [-0.15, -0.1) is 0 Å². The van der Waals surface area contributed by atoms with Gasteiger partial charge in [0.1, 0.15) is 0 Å². The third kappa shape index (κ3) is 61.4. The van der Waals surface area contributed by atoms with Crippen LogP contribution in [0, 0.1) is 5.41 Å². The molecule has 74 valence electrons. The van der Waals surface area contributed by atoms with E-state index >= 15 is 0 Å². The van der Waals surface area contributed by atoms with Gasteiger partial charge in [0, 0.05) is 0 Å². The van der Waals surface area contributed by atoms with Gasteiger partial charge in [0.25, 0.3) is 6.02 Å². The van der Waals surface area contributed by atoms with Crippen molar-refractivity contribution in [3.05, 3.63) is 0 Å². The lowest BCUT2D eigenvalue weighted by molar-refractivity contribution is 0.297. The van der Waals surface area contributed by atoms with Crippen LogP contribution in [0.1, 0.15) is 13.3 Å². The second-order valence-electron chi connectivity index (χ2n) is 1.66. The molecule has 8 heteroatoms. The van der Waals surface area contributed by atoms with Crippen LogP contribution in [-0.4, -0.2) is 30.2 Å². The van der Waals surface area contributed by atoms with E-state index in [2.05, 4.69) is 4.74 Å². The van der Waals surface area contributed by atoms with Crippen molar-refractivity contribution >= 4 is 16.4 Å². The summed E-state index contributed by atoms with van der Waals surface area (Å²) in [6, 6.07) is -0.193. The van der Waals surface area contributed by atoms with E-state index < -0.39 is 10.4 Å². The van der Waals surface area contributed by atoms with Gasteiger partial charge < -0.3 is 10.5 Å². The van der Waals surface area contributed by atoms with Gasteiger partial charge in [-0.2, -0.15) is 8.42 Å². The Labute approximate surface area is 70.6 Å². The summed E-state index contributed by atoms with van der Waals surface area (Å²) >= 11 is 0. The van der Waals surface area contributed by atoms with E-state index in [-0.39, 0.29) is 6.02 Å². The van der Waals surface area contributed by atoms with Crippen molar-refractivity contribution in [1.82, 2.24) is 0 Å². The number of hydrogen-bond acceptors (Lipinski definition) is 4. The summed E-state index contributed by atoms with van der Waals surface area (Å²) in [6.45, 7) is 2.51. The second kappa shape index (κ2) is 6.83. The molecule has 0 rings (SSSR count). The number of rotatable bonds is 2. The van der Waals surface area contributed by atoms with Crippen LogP contribution in [0.5, 0.6) is 0 Å². The molecule has 5 N–H and O–H groups in total. The molecule has 0 amide bonds. The van der Waals surface area contributed by atoms with Crippen molar-refractivity contribution < 1.29 is 22.3 Å². The molecule has 0 heterocycles. The Kier molecular flexibility index (Phi) is 7.80. The lowest BCUT2D eigenvalue weighted by Gasteiger charge is -1.96. The third-order valence-electron chi connectivity index (χ3n) is 0.462. The van der Waals surface area contributed by atoms with E-state index in [1.165, 1.54) is 0 Å². The van der Waals surface area contributed by atoms with Crippen LogP contribution in [0.3, 0.4) is 0 Å². The normalized spacial score (nSPS) is 9.58. The van der Waals surface area contributed by atoms with Crippen LogP contribution in [-0.2, 0) is 15.1 Å². The van der Waals surface area contributed by atoms with E-state index in [0.717, 1.165) is 6.42 Å². The number of nitrogens with two attached hydrogens (primary N) is 1. The van der Waals surface area contributed by atoms with Crippen molar-refractivity contribution in [3.8, 4) is 0 Å². The highest BCUT2D eigenvalue weighted by atomic mass is 32.3. The molecular formula is C4H12N2O5S. The Hall–Kier alpha value is -0.860. The van der Waals surface area contributed by atoms with Gasteiger partial charge in [0.15, 0.2) is 0 Å². The number of nitrogens with one attached hydrogen (secondary N) is 1. The van der Waals surface area contributed by atoms with Gasteiger partial charge in [-0.1, -0.05) is 6.92 Å². The molecule has 0 aliphatic rings. The van der Waals surface area contributed by atoms with Crippen molar-refractivity contribution in [2.75, 3.05) is 6.61 Å². The minimum Gasteiger partial charge on any atom is -0.466 e. The number of hydrogen-bond donors (Lipinski definition) is 4. The van der Waals surface area contributed by atoms with E-state index in [1.807, 2.05) is 6.92 Å². The Morgan fingerprint density at radius 2 is 1.92 bits per heavy atom. The molecule has 12 heavy (non-hydrogen) atoms. The molecule has 0 aliphatic heterocycles. The fourth-order valence-electron chi connectivity index (χ4n) is 0.212. The van der Waals surface area contributed by atoms with E-state index in [0.29, 0.717) is 6.61 Å². The summed E-state index contributed by atoms with van der Waals surface area (Å²) in [5.74, 6) is 0. The number of ether oxygens (including phenoxy) is 1. The smallest absolute Gasteiger partial charge is 0.394 e.